The molecular weight excluding hydrogens is 1150 g/mol. The van der Waals surface area contributed by atoms with Crippen molar-refractivity contribution in [3.8, 4) is 34.1 Å². The lowest BCUT2D eigenvalue weighted by atomic mass is 9.47. The minimum atomic E-state index is -3.86. The van der Waals surface area contributed by atoms with Gasteiger partial charge in [-0.2, -0.15) is 4.31 Å². The summed E-state index contributed by atoms with van der Waals surface area (Å²) in [7, 11) is -6.57. The fourth-order valence-corrected chi connectivity index (χ4v) is 31.3. The van der Waals surface area contributed by atoms with Gasteiger partial charge >= 0.3 is 6.09 Å². The maximum absolute atomic E-state index is 14.1. The van der Waals surface area contributed by atoms with Gasteiger partial charge in [0.1, 0.15) is 22.3 Å². The summed E-state index contributed by atoms with van der Waals surface area (Å²) in [5.41, 5.74) is 17.4. The molecule has 1 N–H and O–H groups in total. The third-order valence-electron chi connectivity index (χ3n) is 24.6. The van der Waals surface area contributed by atoms with Gasteiger partial charge in [0.25, 0.3) is 0 Å². The molecule has 6 aromatic carbocycles. The Labute approximate surface area is 546 Å². The molecule has 6 nitrogen and oxygen atoms in total. The number of alkyl carbamates (subject to hydrolysis) is 1. The van der Waals surface area contributed by atoms with E-state index in [-0.39, 0.29) is 29.5 Å². The molecule has 3 fully saturated rings. The number of hydrogen-bond acceptors (Lipinski definition) is 4. The molecule has 90 heavy (non-hydrogen) atoms. The van der Waals surface area contributed by atoms with Gasteiger partial charge in [-0.05, 0) is 221 Å². The molecule has 0 radical (unpaired) electrons. The summed E-state index contributed by atoms with van der Waals surface area (Å²) in [5.74, 6) is 12.7. The van der Waals surface area contributed by atoms with Gasteiger partial charge in [-0.1, -0.05) is 209 Å². The summed E-state index contributed by atoms with van der Waals surface area (Å²) in [5, 5.41) is 12.1. The number of rotatable bonds is 18. The summed E-state index contributed by atoms with van der Waals surface area (Å²) >= 11 is 0. The van der Waals surface area contributed by atoms with E-state index in [0.717, 1.165) is 110 Å². The number of carbonyl (C=O) groups is 1. The number of allylic oxidation sites excluding steroid dienone is 1. The Morgan fingerprint density at radius 1 is 0.622 bits per heavy atom. The van der Waals surface area contributed by atoms with Gasteiger partial charge in [0.05, 0.1) is 4.90 Å². The summed E-state index contributed by atoms with van der Waals surface area (Å²) in [4.78, 5) is 13.6. The molecule has 0 spiro atoms. The van der Waals surface area contributed by atoms with Crippen molar-refractivity contribution in [1.29, 1.82) is 0 Å². The summed E-state index contributed by atoms with van der Waals surface area (Å²) in [6.07, 6.45) is 15.3. The zero-order valence-electron chi connectivity index (χ0n) is 58.4. The molecule has 0 bridgehead atoms. The van der Waals surface area contributed by atoms with Gasteiger partial charge in [0, 0.05) is 37.7 Å². The first-order valence-electron chi connectivity index (χ1n) is 35.2. The molecule has 9 heteroatoms. The highest BCUT2D eigenvalue weighted by Crippen LogP contribution is 2.67. The summed E-state index contributed by atoms with van der Waals surface area (Å²) < 4.78 is 35.7. The van der Waals surface area contributed by atoms with Crippen molar-refractivity contribution in [2.45, 2.75) is 233 Å². The minimum Gasteiger partial charge on any atom is -0.446 e. The van der Waals surface area contributed by atoms with Crippen LogP contribution in [0.25, 0.3) is 54.2 Å². The summed E-state index contributed by atoms with van der Waals surface area (Å²) in [6.45, 7) is 41.4. The lowest BCUT2D eigenvalue weighted by molar-refractivity contribution is -0.0581. The quantitative estimate of drug-likeness (QED) is 0.0403. The molecule has 10 rings (SSSR count). The smallest absolute Gasteiger partial charge is 0.407 e. The van der Waals surface area contributed by atoms with Crippen molar-refractivity contribution in [1.82, 2.24) is 9.62 Å². The SMILES string of the molecule is CC(C)CCC[C@@H](C)[C@H]1CC[C@H]2[C@@H]3CC=C4CC(OC(=O)NCCN(C)S(=O)(=O)c5ccc(-c6ccc7cc8c(C#C[Si](C(C)C)(C(C)C)C(C)C)c9cc%10ccccc%10cc9c(C#C[Si](C(C)C)(C(C)C)C(C)C)c8cc7c6)cc5)CC[C@]4(C)[C@H]3CC[C@]12C. The molecule has 1 amide bonds. The number of sulfonamides is 1. The topological polar surface area (TPSA) is 75.7 Å². The van der Waals surface area contributed by atoms with Crippen molar-refractivity contribution in [3.63, 3.8) is 0 Å². The van der Waals surface area contributed by atoms with Crippen molar-refractivity contribution < 1.29 is 17.9 Å². The molecule has 8 atom stereocenters. The molecule has 482 valence electrons. The third-order valence-corrected chi connectivity index (χ3v) is 39.1. The first-order valence-corrected chi connectivity index (χ1v) is 41.1. The first-order chi connectivity index (χ1) is 42.6. The lowest BCUT2D eigenvalue weighted by Crippen LogP contribution is -2.51. The number of ether oxygens (including phenoxy) is 1. The summed E-state index contributed by atoms with van der Waals surface area (Å²) in [6, 6.07) is 32.0. The van der Waals surface area contributed by atoms with Crippen LogP contribution in [0.15, 0.2) is 108 Å². The molecular formula is C81H110N2O4SSi2. The van der Waals surface area contributed by atoms with E-state index in [2.05, 4.69) is 219 Å². The normalized spacial score (nSPS) is 23.4. The Balaban J connectivity index is 0.865. The second-order valence-electron chi connectivity index (χ2n) is 31.6. The van der Waals surface area contributed by atoms with Crippen LogP contribution in [0.4, 0.5) is 4.79 Å². The molecule has 4 aliphatic rings. The van der Waals surface area contributed by atoms with Crippen LogP contribution in [0.5, 0.6) is 0 Å². The average Bonchev–Trinajstić information content (AvgIpc) is 1.24. The highest BCUT2D eigenvalue weighted by atomic mass is 32.2. The van der Waals surface area contributed by atoms with Crippen LogP contribution in [-0.2, 0) is 14.8 Å². The van der Waals surface area contributed by atoms with Crippen molar-refractivity contribution in [2.75, 3.05) is 20.1 Å². The van der Waals surface area contributed by atoms with Gasteiger partial charge < -0.3 is 10.1 Å². The Bertz CT molecular complexity index is 3870. The number of hydrogen-bond donors (Lipinski definition) is 1. The predicted octanol–water partition coefficient (Wildman–Crippen LogP) is 21.9. The van der Waals surface area contributed by atoms with Crippen molar-refractivity contribution >= 4 is 75.4 Å². The van der Waals surface area contributed by atoms with Crippen LogP contribution >= 0.6 is 0 Å². The van der Waals surface area contributed by atoms with Gasteiger partial charge in [-0.25, -0.2) is 13.2 Å². The molecule has 0 saturated heterocycles. The standard InChI is InChI=1S/C81H110N2O4SSi2/c1-52(2)22-21-23-59(15)76-34-35-77-71-33-30-66-51-67(36-40-80(66,16)78(71)37-41-81(76,77)17)87-79(84)82-42-43-83(18)88(85,86)68-31-28-60(29-32-68)63-26-27-64-49-74-69(38-44-89(53(3)4,54(5)6)55(7)8)72-47-61-24-19-20-25-62(61)48-73(72)70(75(74)50-65(64)46-63)39-45-90(56(9)10,57(11)12)58(13)14/h19-20,24-32,46-50,52-59,67,71,76-78H,21-23,33-37,40-43,51H2,1-18H3,(H,82,84)/t59-,67?,71+,76-,77+,78+,80+,81-/m1/s1. The van der Waals surface area contributed by atoms with Crippen LogP contribution in [0, 0.1) is 69.3 Å². The Hall–Kier alpha value is -5.17. The maximum Gasteiger partial charge on any atom is 0.407 e. The van der Waals surface area contributed by atoms with E-state index in [0.29, 0.717) is 44.6 Å². The molecule has 1 unspecified atom stereocenters. The van der Waals surface area contributed by atoms with E-state index in [1.54, 1.807) is 19.2 Å². The molecule has 0 aromatic heterocycles. The van der Waals surface area contributed by atoms with E-state index in [9.17, 15) is 13.2 Å². The van der Waals surface area contributed by atoms with Gasteiger partial charge in [0.15, 0.2) is 0 Å². The van der Waals surface area contributed by atoms with Crippen LogP contribution in [0.2, 0.25) is 33.2 Å². The highest BCUT2D eigenvalue weighted by molar-refractivity contribution is 7.89. The van der Waals surface area contributed by atoms with Crippen LogP contribution in [0.3, 0.4) is 0 Å². The van der Waals surface area contributed by atoms with E-state index >= 15 is 0 Å². The van der Waals surface area contributed by atoms with E-state index in [1.807, 2.05) is 12.1 Å². The van der Waals surface area contributed by atoms with Crippen molar-refractivity contribution in [2.24, 2.45) is 46.3 Å². The molecule has 0 heterocycles. The third kappa shape index (κ3) is 12.5. The fraction of sp³-hybridized carbons (Fsp3) is 0.568. The number of carbonyl (C=O) groups excluding carboxylic acids is 1. The van der Waals surface area contributed by atoms with Crippen molar-refractivity contribution in [3.05, 3.63) is 114 Å². The maximum atomic E-state index is 14.1. The zero-order chi connectivity index (χ0) is 65.0. The van der Waals surface area contributed by atoms with Gasteiger partial charge in [0.2, 0.25) is 10.0 Å². The number of nitrogens with zero attached hydrogens (tertiary/aromatic N) is 1. The number of nitrogens with one attached hydrogen (secondary N) is 1. The largest absolute Gasteiger partial charge is 0.446 e. The second-order valence-corrected chi connectivity index (χ2v) is 44.8. The fourth-order valence-electron chi connectivity index (χ4n) is 19.7. The number of likely N-dealkylation sites (N-methyl/N-ethyl adjacent to an activating group) is 1. The molecule has 3 saturated carbocycles. The van der Waals surface area contributed by atoms with E-state index in [4.69, 9.17) is 4.74 Å². The highest BCUT2D eigenvalue weighted by Gasteiger charge is 2.59. The minimum absolute atomic E-state index is 0.114. The second kappa shape index (κ2) is 26.7. The number of fused-ring (bicyclic) bond motifs is 9. The monoisotopic (exact) mass is 1260 g/mol. The predicted molar refractivity (Wildman–Crippen MR) is 389 cm³/mol. The zero-order valence-corrected chi connectivity index (χ0v) is 61.2. The lowest BCUT2D eigenvalue weighted by Gasteiger charge is -2.58. The molecule has 0 aliphatic heterocycles. The van der Waals surface area contributed by atoms with Gasteiger partial charge in [-0.3, -0.25) is 0 Å². The van der Waals surface area contributed by atoms with Crippen LogP contribution in [0.1, 0.15) is 199 Å². The number of amides is 1. The Kier molecular flexibility index (Phi) is 20.1. The Morgan fingerprint density at radius 3 is 1.68 bits per heavy atom. The van der Waals surface area contributed by atoms with E-state index < -0.39 is 32.3 Å². The number of benzene rings is 6. The van der Waals surface area contributed by atoms with Crippen LogP contribution < -0.4 is 5.32 Å². The average molecular weight is 1260 g/mol. The van der Waals surface area contributed by atoms with E-state index in [1.165, 1.54) is 65.6 Å². The first kappa shape index (κ1) is 67.7. The molecule has 4 aliphatic carbocycles. The van der Waals surface area contributed by atoms with Crippen LogP contribution in [-0.4, -0.2) is 61.2 Å². The Morgan fingerprint density at radius 2 is 1.14 bits per heavy atom. The van der Waals surface area contributed by atoms with Gasteiger partial charge in [-0.15, -0.1) is 11.1 Å². The molecule has 6 aromatic rings.